The molecule has 1 heterocycles. The number of nitriles is 1. The molecule has 3 N–H and O–H groups in total. The van der Waals surface area contributed by atoms with Gasteiger partial charge in [-0.1, -0.05) is 42.5 Å². The van der Waals surface area contributed by atoms with E-state index in [1.807, 2.05) is 48.5 Å². The first-order chi connectivity index (χ1) is 16.2. The Balaban J connectivity index is 1.58. The van der Waals surface area contributed by atoms with Crippen LogP contribution in [0.1, 0.15) is 48.5 Å². The summed E-state index contributed by atoms with van der Waals surface area (Å²) in [5.74, 6) is 0.670. The molecule has 1 saturated carbocycles. The van der Waals surface area contributed by atoms with Gasteiger partial charge < -0.3 is 11.1 Å². The van der Waals surface area contributed by atoms with Crippen molar-refractivity contribution in [2.24, 2.45) is 17.6 Å². The van der Waals surface area contributed by atoms with Gasteiger partial charge in [0, 0.05) is 12.1 Å². The topological polar surface area (TPSA) is 91.8 Å². The average molecular weight is 439 g/mol. The number of carbonyl (C=O) groups is 1. The number of rotatable bonds is 7. The second kappa shape index (κ2) is 10.9. The van der Waals surface area contributed by atoms with Gasteiger partial charge >= 0.3 is 0 Å². The molecule has 1 unspecified atom stereocenters. The predicted molar refractivity (Wildman–Crippen MR) is 130 cm³/mol. The summed E-state index contributed by atoms with van der Waals surface area (Å²) < 4.78 is 0. The number of hydrogen-bond donors (Lipinski definition) is 2. The van der Waals surface area contributed by atoms with E-state index < -0.39 is 0 Å². The van der Waals surface area contributed by atoms with E-state index in [0.29, 0.717) is 24.4 Å². The quantitative estimate of drug-likeness (QED) is 0.555. The molecule has 0 saturated heterocycles. The number of pyridine rings is 1. The molecule has 4 rings (SSSR count). The van der Waals surface area contributed by atoms with Gasteiger partial charge in [-0.2, -0.15) is 5.26 Å². The Kier molecular flexibility index (Phi) is 7.49. The number of nitrogens with one attached hydrogen (secondary N) is 1. The van der Waals surface area contributed by atoms with Gasteiger partial charge in [0.2, 0.25) is 5.91 Å². The van der Waals surface area contributed by atoms with Crippen LogP contribution in [0.15, 0.2) is 72.9 Å². The summed E-state index contributed by atoms with van der Waals surface area (Å²) in [5, 5.41) is 12.6. The largest absolute Gasteiger partial charge is 0.347 e. The van der Waals surface area contributed by atoms with Crippen molar-refractivity contribution in [3.05, 3.63) is 89.7 Å². The molecule has 5 heteroatoms. The van der Waals surface area contributed by atoms with E-state index in [9.17, 15) is 10.1 Å². The minimum atomic E-state index is -0.230. The number of benzene rings is 2. The molecule has 1 aromatic heterocycles. The molecule has 0 bridgehead atoms. The van der Waals surface area contributed by atoms with Gasteiger partial charge in [0.15, 0.2) is 0 Å². The summed E-state index contributed by atoms with van der Waals surface area (Å²) in [5.41, 5.74) is 10.3. The molecule has 168 valence electrons. The lowest BCUT2D eigenvalue weighted by atomic mass is 9.81. The van der Waals surface area contributed by atoms with Gasteiger partial charge in [-0.25, -0.2) is 0 Å². The van der Waals surface area contributed by atoms with E-state index in [1.54, 1.807) is 12.3 Å². The molecule has 3 aromatic rings. The Labute approximate surface area is 195 Å². The smallest absolute Gasteiger partial charge is 0.223 e. The van der Waals surface area contributed by atoms with E-state index >= 15 is 0 Å². The van der Waals surface area contributed by atoms with Crippen LogP contribution in [0, 0.1) is 23.2 Å². The van der Waals surface area contributed by atoms with Gasteiger partial charge in [-0.15, -0.1) is 0 Å². The monoisotopic (exact) mass is 438 g/mol. The average Bonchev–Trinajstić information content (AvgIpc) is 2.89. The van der Waals surface area contributed by atoms with E-state index in [-0.39, 0.29) is 17.9 Å². The predicted octanol–water partition coefficient (Wildman–Crippen LogP) is 4.79. The van der Waals surface area contributed by atoms with Crippen LogP contribution in [0.2, 0.25) is 0 Å². The SMILES string of the molecule is N#Cc1cccc(-c2ccnc(C(Cc3ccccc3)NC(=O)[C@H]3CC[C@H](CN)CC3)c2)c1. The first-order valence-corrected chi connectivity index (χ1v) is 11.7. The van der Waals surface area contributed by atoms with Crippen LogP contribution in [0.5, 0.6) is 0 Å². The second-order valence-corrected chi connectivity index (χ2v) is 8.87. The lowest BCUT2D eigenvalue weighted by Gasteiger charge is -2.28. The van der Waals surface area contributed by atoms with E-state index in [2.05, 4.69) is 28.5 Å². The molecule has 1 atom stereocenters. The van der Waals surface area contributed by atoms with Crippen LogP contribution >= 0.6 is 0 Å². The highest BCUT2D eigenvalue weighted by molar-refractivity contribution is 5.79. The van der Waals surface area contributed by atoms with Gasteiger partial charge in [0.05, 0.1) is 23.4 Å². The van der Waals surface area contributed by atoms with Crippen molar-refractivity contribution < 1.29 is 4.79 Å². The zero-order valence-corrected chi connectivity index (χ0v) is 18.8. The summed E-state index contributed by atoms with van der Waals surface area (Å²) >= 11 is 0. The fraction of sp³-hybridized carbons (Fsp3) is 0.321. The summed E-state index contributed by atoms with van der Waals surface area (Å²) in [6, 6.07) is 23.6. The van der Waals surface area contributed by atoms with E-state index in [0.717, 1.165) is 48.1 Å². The number of amides is 1. The highest BCUT2D eigenvalue weighted by atomic mass is 16.1. The third-order valence-electron chi connectivity index (χ3n) is 6.61. The molecule has 1 aliphatic rings. The Morgan fingerprint density at radius 2 is 1.79 bits per heavy atom. The zero-order valence-electron chi connectivity index (χ0n) is 18.8. The highest BCUT2D eigenvalue weighted by Crippen LogP contribution is 2.30. The first kappa shape index (κ1) is 22.7. The minimum Gasteiger partial charge on any atom is -0.347 e. The fourth-order valence-electron chi connectivity index (χ4n) is 4.62. The Bertz CT molecular complexity index is 1110. The molecule has 0 radical (unpaired) electrons. The molecule has 0 aliphatic heterocycles. The molecule has 0 spiro atoms. The van der Waals surface area contributed by atoms with Crippen molar-refractivity contribution in [1.82, 2.24) is 10.3 Å². The molecule has 1 amide bonds. The van der Waals surface area contributed by atoms with Crippen molar-refractivity contribution in [3.8, 4) is 17.2 Å². The third-order valence-corrected chi connectivity index (χ3v) is 6.61. The molecule has 5 nitrogen and oxygen atoms in total. The second-order valence-electron chi connectivity index (χ2n) is 8.87. The van der Waals surface area contributed by atoms with Gasteiger partial charge in [-0.05, 0) is 85.5 Å². The van der Waals surface area contributed by atoms with Crippen LogP contribution in [-0.4, -0.2) is 17.4 Å². The van der Waals surface area contributed by atoms with E-state index in [4.69, 9.17) is 5.73 Å². The summed E-state index contributed by atoms with van der Waals surface area (Å²) in [4.78, 5) is 17.8. The van der Waals surface area contributed by atoms with Crippen molar-refractivity contribution in [3.63, 3.8) is 0 Å². The number of hydrogen-bond acceptors (Lipinski definition) is 4. The number of nitrogens with two attached hydrogens (primary N) is 1. The summed E-state index contributed by atoms with van der Waals surface area (Å²) in [6.45, 7) is 0.703. The number of carbonyl (C=O) groups excluding carboxylic acids is 1. The normalized spacial score (nSPS) is 18.8. The molecular weight excluding hydrogens is 408 g/mol. The van der Waals surface area contributed by atoms with Crippen LogP contribution < -0.4 is 11.1 Å². The molecule has 33 heavy (non-hydrogen) atoms. The molecule has 2 aromatic carbocycles. The van der Waals surface area contributed by atoms with Crippen molar-refractivity contribution in [1.29, 1.82) is 5.26 Å². The van der Waals surface area contributed by atoms with Crippen molar-refractivity contribution in [2.75, 3.05) is 6.54 Å². The van der Waals surface area contributed by atoms with Crippen molar-refractivity contribution >= 4 is 5.91 Å². The first-order valence-electron chi connectivity index (χ1n) is 11.7. The highest BCUT2D eigenvalue weighted by Gasteiger charge is 2.28. The van der Waals surface area contributed by atoms with Crippen LogP contribution in [0.3, 0.4) is 0 Å². The maximum atomic E-state index is 13.2. The van der Waals surface area contributed by atoms with Crippen LogP contribution in [0.25, 0.3) is 11.1 Å². The van der Waals surface area contributed by atoms with Crippen LogP contribution in [0.4, 0.5) is 0 Å². The molecule has 1 aliphatic carbocycles. The fourth-order valence-corrected chi connectivity index (χ4v) is 4.62. The Morgan fingerprint density at radius 3 is 2.52 bits per heavy atom. The maximum Gasteiger partial charge on any atom is 0.223 e. The van der Waals surface area contributed by atoms with Crippen molar-refractivity contribution in [2.45, 2.75) is 38.1 Å². The molecule has 1 fully saturated rings. The Morgan fingerprint density at radius 1 is 1.03 bits per heavy atom. The van der Waals surface area contributed by atoms with Crippen LogP contribution in [-0.2, 0) is 11.2 Å². The lowest BCUT2D eigenvalue weighted by Crippen LogP contribution is -2.37. The van der Waals surface area contributed by atoms with Gasteiger partial charge in [-0.3, -0.25) is 9.78 Å². The minimum absolute atomic E-state index is 0.0292. The maximum absolute atomic E-state index is 13.2. The zero-order chi connectivity index (χ0) is 23.0. The lowest BCUT2D eigenvalue weighted by molar-refractivity contribution is -0.127. The van der Waals surface area contributed by atoms with E-state index in [1.165, 1.54) is 0 Å². The van der Waals surface area contributed by atoms with Gasteiger partial charge in [0.1, 0.15) is 0 Å². The Hall–Kier alpha value is -3.49. The standard InChI is InChI=1S/C28H30N4O/c29-18-21-9-11-23(12-10-21)28(33)32-27(16-20-5-2-1-3-6-20)26-17-25(13-14-31-26)24-8-4-7-22(15-24)19-30/h1-8,13-15,17,21,23,27H,9-12,16,18,29H2,(H,32,33)/t21-,23-,27?. The summed E-state index contributed by atoms with van der Waals surface area (Å²) in [6.07, 6.45) is 6.25. The number of nitrogens with zero attached hydrogens (tertiary/aromatic N) is 2. The third kappa shape index (κ3) is 5.85. The molecular formula is C28H30N4O. The number of aromatic nitrogens is 1. The summed E-state index contributed by atoms with van der Waals surface area (Å²) in [7, 11) is 0. The van der Waals surface area contributed by atoms with Gasteiger partial charge in [0.25, 0.3) is 0 Å².